The lowest BCUT2D eigenvalue weighted by atomic mass is 10.00. The van der Waals surface area contributed by atoms with Gasteiger partial charge in [-0.25, -0.2) is 9.13 Å². The Morgan fingerprint density at radius 2 is 0.490 bits per heavy atom. The highest BCUT2D eigenvalue weighted by Crippen LogP contribution is 2.45. The van der Waals surface area contributed by atoms with Gasteiger partial charge in [0.05, 0.1) is 26.4 Å². The summed E-state index contributed by atoms with van der Waals surface area (Å²) in [6, 6.07) is 0. The van der Waals surface area contributed by atoms with E-state index in [-0.39, 0.29) is 25.7 Å². The number of rotatable bonds is 84. The third-order valence-corrected chi connectivity index (χ3v) is 22.2. The number of unbranched alkanes of at least 4 members (excludes halogenated alkanes) is 53. The number of hydrogen-bond donors (Lipinski definition) is 3. The summed E-state index contributed by atoms with van der Waals surface area (Å²) in [7, 11) is -9.93. The second-order valence-electron chi connectivity index (χ2n) is 31.3. The minimum atomic E-state index is -4.97. The number of esters is 4. The van der Waals surface area contributed by atoms with Crippen molar-refractivity contribution in [3.63, 3.8) is 0 Å². The molecule has 0 amide bonds. The molecule has 0 rings (SSSR count). The lowest BCUT2D eigenvalue weighted by molar-refractivity contribution is -0.161. The van der Waals surface area contributed by atoms with Crippen molar-refractivity contribution in [1.82, 2.24) is 0 Å². The lowest BCUT2D eigenvalue weighted by Gasteiger charge is -2.21. The van der Waals surface area contributed by atoms with E-state index in [9.17, 15) is 43.2 Å². The molecule has 0 fully saturated rings. The van der Waals surface area contributed by atoms with E-state index in [0.29, 0.717) is 25.7 Å². The van der Waals surface area contributed by atoms with Crippen molar-refractivity contribution in [3.05, 3.63) is 0 Å². The number of aliphatic hydroxyl groups excluding tert-OH is 1. The first-order valence-corrected chi connectivity index (χ1v) is 47.0. The standard InChI is InChI=1S/C85H166O17P2/c1-7-10-12-14-16-18-20-22-24-25-26-27-28-29-34-38-42-46-50-58-64-70-84(89)101-80(73-95-82(87)67-61-55-48-44-40-37-33-31-30-32-35-39-43-47-53-59-65-77(4)5)75-99-103(91,92)97-71-79(86)72-98-104(93,94)100-76-81(74-96-83(88)68-62-56-52-51-54-60-66-78(6)9-3)102-85(90)69-63-57-49-45-41-36-23-21-19-17-15-13-11-8-2/h77-81,86H,7-76H2,1-6H3,(H,91,92)(H,93,94)/t78?,79-,80-,81-/m1/s1. The maximum atomic E-state index is 13.1. The molecule has 104 heavy (non-hydrogen) atoms. The minimum Gasteiger partial charge on any atom is -0.462 e. The molecule has 3 N–H and O–H groups in total. The molecule has 0 aliphatic heterocycles. The van der Waals surface area contributed by atoms with Gasteiger partial charge in [-0.3, -0.25) is 37.3 Å². The maximum absolute atomic E-state index is 13.1. The number of carbonyl (C=O) groups is 4. The Balaban J connectivity index is 5.22. The highest BCUT2D eigenvalue weighted by atomic mass is 31.2. The van der Waals surface area contributed by atoms with Crippen LogP contribution in [0.5, 0.6) is 0 Å². The van der Waals surface area contributed by atoms with Crippen molar-refractivity contribution in [2.75, 3.05) is 39.6 Å². The first-order chi connectivity index (χ1) is 50.4. The lowest BCUT2D eigenvalue weighted by Crippen LogP contribution is -2.30. The molecular formula is C85H166O17P2. The first-order valence-electron chi connectivity index (χ1n) is 44.0. The fourth-order valence-corrected chi connectivity index (χ4v) is 14.8. The van der Waals surface area contributed by atoms with E-state index in [1.54, 1.807) is 0 Å². The Morgan fingerprint density at radius 3 is 0.731 bits per heavy atom. The van der Waals surface area contributed by atoms with Gasteiger partial charge in [-0.2, -0.15) is 0 Å². The summed E-state index contributed by atoms with van der Waals surface area (Å²) in [6.07, 6.45) is 68.1. The molecule has 0 aromatic heterocycles. The molecule has 0 aromatic carbocycles. The van der Waals surface area contributed by atoms with Crippen LogP contribution in [0.15, 0.2) is 0 Å². The van der Waals surface area contributed by atoms with Crippen LogP contribution in [0.4, 0.5) is 0 Å². The van der Waals surface area contributed by atoms with E-state index in [4.69, 9.17) is 37.0 Å². The van der Waals surface area contributed by atoms with Crippen LogP contribution in [0.3, 0.4) is 0 Å². The second-order valence-corrected chi connectivity index (χ2v) is 34.2. The molecule has 0 bridgehead atoms. The van der Waals surface area contributed by atoms with Crippen LogP contribution in [0.25, 0.3) is 0 Å². The van der Waals surface area contributed by atoms with Crippen molar-refractivity contribution < 1.29 is 80.2 Å². The molecule has 17 nitrogen and oxygen atoms in total. The van der Waals surface area contributed by atoms with E-state index < -0.39 is 97.5 Å². The molecule has 0 saturated carbocycles. The van der Waals surface area contributed by atoms with Crippen LogP contribution in [0.1, 0.15) is 452 Å². The summed E-state index contributed by atoms with van der Waals surface area (Å²) in [5, 5.41) is 10.7. The fraction of sp³-hybridized carbons (Fsp3) is 0.953. The van der Waals surface area contributed by atoms with Gasteiger partial charge >= 0.3 is 39.5 Å². The van der Waals surface area contributed by atoms with Gasteiger partial charge in [-0.15, -0.1) is 0 Å². The Labute approximate surface area is 638 Å². The van der Waals surface area contributed by atoms with E-state index in [0.717, 1.165) is 108 Å². The molecular weight excluding hydrogens is 1350 g/mol. The van der Waals surface area contributed by atoms with Crippen molar-refractivity contribution in [3.8, 4) is 0 Å². The van der Waals surface area contributed by atoms with E-state index in [2.05, 4.69) is 41.5 Å². The van der Waals surface area contributed by atoms with Crippen molar-refractivity contribution in [1.29, 1.82) is 0 Å². The zero-order valence-corrected chi connectivity index (χ0v) is 70.1. The molecule has 0 heterocycles. The molecule has 0 radical (unpaired) electrons. The van der Waals surface area contributed by atoms with Crippen LogP contribution in [-0.2, 0) is 65.4 Å². The number of ether oxygens (including phenoxy) is 4. The smallest absolute Gasteiger partial charge is 0.462 e. The van der Waals surface area contributed by atoms with Crippen LogP contribution in [0, 0.1) is 11.8 Å². The topological polar surface area (TPSA) is 237 Å². The molecule has 0 aromatic rings. The number of phosphoric ester groups is 2. The zero-order chi connectivity index (χ0) is 76.4. The summed E-state index contributed by atoms with van der Waals surface area (Å²) in [4.78, 5) is 73.2. The highest BCUT2D eigenvalue weighted by Gasteiger charge is 2.30. The van der Waals surface area contributed by atoms with Crippen LogP contribution >= 0.6 is 15.6 Å². The molecule has 0 saturated heterocycles. The summed E-state index contributed by atoms with van der Waals surface area (Å²) in [6.45, 7) is 9.65. The molecule has 3 unspecified atom stereocenters. The second kappa shape index (κ2) is 76.4. The molecule has 6 atom stereocenters. The van der Waals surface area contributed by atoms with Crippen LogP contribution < -0.4 is 0 Å². The number of hydrogen-bond acceptors (Lipinski definition) is 15. The summed E-state index contributed by atoms with van der Waals surface area (Å²) in [5.74, 6) is -0.561. The van der Waals surface area contributed by atoms with E-state index in [1.165, 1.54) is 263 Å². The average Bonchev–Trinajstić information content (AvgIpc) is 0.918. The van der Waals surface area contributed by atoms with Gasteiger partial charge in [0.2, 0.25) is 0 Å². The molecule has 0 aliphatic carbocycles. The van der Waals surface area contributed by atoms with Crippen molar-refractivity contribution in [2.24, 2.45) is 11.8 Å². The van der Waals surface area contributed by atoms with Crippen molar-refractivity contribution >= 4 is 39.5 Å². The Bertz CT molecular complexity index is 2000. The first kappa shape index (κ1) is 102. The van der Waals surface area contributed by atoms with Gasteiger partial charge in [0, 0.05) is 25.7 Å². The van der Waals surface area contributed by atoms with Gasteiger partial charge < -0.3 is 33.8 Å². The monoisotopic (exact) mass is 1520 g/mol. The number of aliphatic hydroxyl groups is 1. The summed E-state index contributed by atoms with van der Waals surface area (Å²) < 4.78 is 68.8. The Hall–Kier alpha value is -1.94. The molecule has 0 spiro atoms. The average molecular weight is 1520 g/mol. The van der Waals surface area contributed by atoms with Gasteiger partial charge in [0.15, 0.2) is 12.2 Å². The van der Waals surface area contributed by atoms with Crippen molar-refractivity contribution in [2.45, 2.75) is 471 Å². The van der Waals surface area contributed by atoms with Crippen LogP contribution in [0.2, 0.25) is 0 Å². The molecule has 19 heteroatoms. The minimum absolute atomic E-state index is 0.107. The highest BCUT2D eigenvalue weighted by molar-refractivity contribution is 7.47. The SMILES string of the molecule is CCCCCCCCCCCCCCCCCCCCCCCC(=O)O[C@H](COC(=O)CCCCCCCCCCCCCCCCCCC(C)C)COP(=O)(O)OC[C@@H](O)COP(=O)(O)OC[C@@H](COC(=O)CCCCCCCCC(C)CC)OC(=O)CCCCCCCCCCCCCCCC. The summed E-state index contributed by atoms with van der Waals surface area (Å²) >= 11 is 0. The predicted molar refractivity (Wildman–Crippen MR) is 428 cm³/mol. The normalized spacial score (nSPS) is 14.1. The Morgan fingerprint density at radius 1 is 0.279 bits per heavy atom. The van der Waals surface area contributed by atoms with Gasteiger partial charge in [-0.1, -0.05) is 401 Å². The third-order valence-electron chi connectivity index (χ3n) is 20.3. The third kappa shape index (κ3) is 76.8. The Kier molecular flexibility index (Phi) is 75.0. The van der Waals surface area contributed by atoms with E-state index in [1.807, 2.05) is 0 Å². The summed E-state index contributed by atoms with van der Waals surface area (Å²) in [5.41, 5.74) is 0. The molecule has 618 valence electrons. The van der Waals surface area contributed by atoms with E-state index >= 15 is 0 Å². The largest absolute Gasteiger partial charge is 0.472 e. The van der Waals surface area contributed by atoms with Gasteiger partial charge in [-0.05, 0) is 37.5 Å². The zero-order valence-electron chi connectivity index (χ0n) is 68.3. The fourth-order valence-electron chi connectivity index (χ4n) is 13.2. The molecule has 0 aliphatic rings. The number of phosphoric acid groups is 2. The number of carbonyl (C=O) groups excluding carboxylic acids is 4. The predicted octanol–water partition coefficient (Wildman–Crippen LogP) is 25.8. The van der Waals surface area contributed by atoms with Gasteiger partial charge in [0.25, 0.3) is 0 Å². The quantitative estimate of drug-likeness (QED) is 0.0222. The van der Waals surface area contributed by atoms with Crippen LogP contribution in [-0.4, -0.2) is 96.7 Å². The van der Waals surface area contributed by atoms with Gasteiger partial charge in [0.1, 0.15) is 19.3 Å². The maximum Gasteiger partial charge on any atom is 0.472 e.